The highest BCUT2D eigenvalue weighted by atomic mass is 19.1. The van der Waals surface area contributed by atoms with E-state index >= 15 is 0 Å². The topological polar surface area (TPSA) is 123 Å². The van der Waals surface area contributed by atoms with Crippen molar-refractivity contribution in [3.63, 3.8) is 0 Å². The summed E-state index contributed by atoms with van der Waals surface area (Å²) in [4.78, 5) is 44.5. The molecule has 1 aliphatic heterocycles. The van der Waals surface area contributed by atoms with Crippen LogP contribution in [0.1, 0.15) is 29.9 Å². The number of methoxy groups -OCH3 is 1. The van der Waals surface area contributed by atoms with Gasteiger partial charge in [-0.25, -0.2) is 9.37 Å². The summed E-state index contributed by atoms with van der Waals surface area (Å²) in [6.07, 6.45) is 0.990. The number of hydrogen-bond acceptors (Lipinski definition) is 7. The Morgan fingerprint density at radius 2 is 2.06 bits per heavy atom. The zero-order chi connectivity index (χ0) is 23.7. The highest BCUT2D eigenvalue weighted by molar-refractivity contribution is 5.98. The molecule has 12 heteroatoms. The van der Waals surface area contributed by atoms with E-state index in [1.807, 2.05) is 13.8 Å². The molecule has 4 rings (SSSR count). The van der Waals surface area contributed by atoms with Gasteiger partial charge in [-0.1, -0.05) is 0 Å². The van der Waals surface area contributed by atoms with E-state index in [1.165, 1.54) is 21.2 Å². The minimum absolute atomic E-state index is 0.131. The zero-order valence-electron chi connectivity index (χ0n) is 18.5. The van der Waals surface area contributed by atoms with Gasteiger partial charge in [-0.3, -0.25) is 14.4 Å². The predicted molar refractivity (Wildman–Crippen MR) is 118 cm³/mol. The normalized spacial score (nSPS) is 13.1. The van der Waals surface area contributed by atoms with E-state index in [1.54, 1.807) is 18.1 Å². The van der Waals surface area contributed by atoms with Crippen LogP contribution in [0.25, 0.3) is 5.65 Å². The molecule has 4 heterocycles. The lowest BCUT2D eigenvalue weighted by Crippen LogP contribution is -2.32. The first kappa shape index (κ1) is 22.4. The number of anilines is 2. The molecule has 0 atom stereocenters. The standard InChI is InChI=1S/C21H24FN7O4/c1-12(2)27-10-14-19(21(27)32)28(11-17(30)25-15-5-4-13(22)9-24-15)18-8-16(23-6-7-33-3)26-29(18)20(14)31/h4-5,8-9,12H,6-7,10-11H2,1-3H3,(H,23,26)(H,24,25,30). The number of amides is 2. The molecule has 0 bridgehead atoms. The Balaban J connectivity index is 1.76. The first-order valence-electron chi connectivity index (χ1n) is 10.4. The van der Waals surface area contributed by atoms with Crippen molar-refractivity contribution in [2.24, 2.45) is 0 Å². The van der Waals surface area contributed by atoms with Crippen molar-refractivity contribution in [3.05, 3.63) is 51.8 Å². The van der Waals surface area contributed by atoms with Gasteiger partial charge in [-0.15, -0.1) is 5.10 Å². The number of pyridine rings is 1. The van der Waals surface area contributed by atoms with Crippen LogP contribution >= 0.6 is 0 Å². The van der Waals surface area contributed by atoms with Crippen molar-refractivity contribution in [3.8, 4) is 0 Å². The van der Waals surface area contributed by atoms with Crippen LogP contribution in [0.3, 0.4) is 0 Å². The van der Waals surface area contributed by atoms with Gasteiger partial charge in [0.25, 0.3) is 11.5 Å². The summed E-state index contributed by atoms with van der Waals surface area (Å²) in [7, 11) is 1.57. The van der Waals surface area contributed by atoms with Gasteiger partial charge in [0.05, 0.1) is 24.9 Å². The van der Waals surface area contributed by atoms with Crippen molar-refractivity contribution < 1.29 is 18.7 Å². The molecule has 11 nitrogen and oxygen atoms in total. The SMILES string of the molecule is COCCNc1cc2n(CC(=O)Nc3ccc(F)cn3)c3c(c(=O)n2n1)CN(C(C)C)C3=O. The van der Waals surface area contributed by atoms with E-state index in [9.17, 15) is 18.8 Å². The third-order valence-electron chi connectivity index (χ3n) is 5.30. The van der Waals surface area contributed by atoms with E-state index in [0.717, 1.165) is 6.20 Å². The minimum Gasteiger partial charge on any atom is -0.383 e. The molecule has 0 fully saturated rings. The summed E-state index contributed by atoms with van der Waals surface area (Å²) in [5.41, 5.74) is 0.320. The van der Waals surface area contributed by atoms with Gasteiger partial charge in [0.15, 0.2) is 5.82 Å². The van der Waals surface area contributed by atoms with Crippen molar-refractivity contribution in [2.45, 2.75) is 33.0 Å². The quantitative estimate of drug-likeness (QED) is 0.486. The van der Waals surface area contributed by atoms with Gasteiger partial charge >= 0.3 is 0 Å². The van der Waals surface area contributed by atoms with Gasteiger partial charge in [-0.05, 0) is 26.0 Å². The number of carbonyl (C=O) groups excluding carboxylic acids is 2. The number of hydrogen-bond donors (Lipinski definition) is 2. The Bertz CT molecular complexity index is 1270. The lowest BCUT2D eigenvalue weighted by atomic mass is 10.2. The number of ether oxygens (including phenoxy) is 1. The van der Waals surface area contributed by atoms with Crippen molar-refractivity contribution >= 4 is 29.1 Å². The highest BCUT2D eigenvalue weighted by Crippen LogP contribution is 2.25. The Morgan fingerprint density at radius 1 is 1.27 bits per heavy atom. The van der Waals surface area contributed by atoms with Crippen molar-refractivity contribution in [1.82, 2.24) is 24.1 Å². The molecule has 0 aromatic carbocycles. The van der Waals surface area contributed by atoms with Gasteiger partial charge in [0, 0.05) is 25.8 Å². The number of nitrogens with one attached hydrogen (secondary N) is 2. The van der Waals surface area contributed by atoms with Gasteiger partial charge in [0.2, 0.25) is 5.91 Å². The van der Waals surface area contributed by atoms with Crippen LogP contribution in [0, 0.1) is 5.82 Å². The number of rotatable bonds is 8. The molecule has 0 radical (unpaired) electrons. The fourth-order valence-corrected chi connectivity index (χ4v) is 3.71. The first-order valence-corrected chi connectivity index (χ1v) is 10.4. The molecular formula is C21H24FN7O4. The van der Waals surface area contributed by atoms with E-state index in [-0.39, 0.29) is 42.1 Å². The molecule has 0 saturated carbocycles. The maximum Gasteiger partial charge on any atom is 0.280 e. The van der Waals surface area contributed by atoms with Crippen LogP contribution in [0.4, 0.5) is 16.0 Å². The lowest BCUT2D eigenvalue weighted by molar-refractivity contribution is -0.116. The minimum atomic E-state index is -0.528. The highest BCUT2D eigenvalue weighted by Gasteiger charge is 2.36. The summed E-state index contributed by atoms with van der Waals surface area (Å²) in [5, 5.41) is 9.95. The molecular weight excluding hydrogens is 433 g/mol. The Morgan fingerprint density at radius 3 is 2.73 bits per heavy atom. The maximum atomic E-state index is 13.2. The number of nitrogens with zero attached hydrogens (tertiary/aromatic N) is 5. The largest absolute Gasteiger partial charge is 0.383 e. The van der Waals surface area contributed by atoms with Crippen molar-refractivity contribution in [1.29, 1.82) is 0 Å². The summed E-state index contributed by atoms with van der Waals surface area (Å²) in [6, 6.07) is 3.98. The average molecular weight is 457 g/mol. The molecule has 0 aliphatic carbocycles. The first-order chi connectivity index (χ1) is 15.8. The number of halogens is 1. The lowest BCUT2D eigenvalue weighted by Gasteiger charge is -2.20. The smallest absolute Gasteiger partial charge is 0.280 e. The second-order valence-electron chi connectivity index (χ2n) is 7.87. The molecule has 0 spiro atoms. The third kappa shape index (κ3) is 4.29. The summed E-state index contributed by atoms with van der Waals surface area (Å²) in [5.74, 6) is -0.772. The van der Waals surface area contributed by atoms with Crippen LogP contribution in [0.15, 0.2) is 29.2 Å². The molecule has 3 aromatic rings. The van der Waals surface area contributed by atoms with E-state index in [2.05, 4.69) is 20.7 Å². The second-order valence-corrected chi connectivity index (χ2v) is 7.87. The number of aromatic nitrogens is 4. The Hall–Kier alpha value is -3.80. The summed E-state index contributed by atoms with van der Waals surface area (Å²) in [6.45, 7) is 4.47. The van der Waals surface area contributed by atoms with E-state index < -0.39 is 17.3 Å². The Kier molecular flexibility index (Phi) is 6.09. The van der Waals surface area contributed by atoms with Gasteiger partial charge in [-0.2, -0.15) is 4.52 Å². The van der Waals surface area contributed by atoms with Crippen LogP contribution in [0.5, 0.6) is 0 Å². The van der Waals surface area contributed by atoms with Crippen LogP contribution in [-0.4, -0.2) is 62.2 Å². The fraction of sp³-hybridized carbons (Fsp3) is 0.381. The number of carbonyl (C=O) groups is 2. The average Bonchev–Trinajstić information content (AvgIpc) is 3.35. The molecule has 3 aromatic heterocycles. The molecule has 2 amide bonds. The van der Waals surface area contributed by atoms with Crippen LogP contribution < -0.4 is 16.2 Å². The molecule has 33 heavy (non-hydrogen) atoms. The summed E-state index contributed by atoms with van der Waals surface area (Å²) >= 11 is 0. The molecule has 0 unspecified atom stereocenters. The molecule has 2 N–H and O–H groups in total. The maximum absolute atomic E-state index is 13.2. The third-order valence-corrected chi connectivity index (χ3v) is 5.30. The van der Waals surface area contributed by atoms with Gasteiger partial charge in [0.1, 0.15) is 29.5 Å². The monoisotopic (exact) mass is 457 g/mol. The van der Waals surface area contributed by atoms with E-state index in [4.69, 9.17) is 4.74 Å². The van der Waals surface area contributed by atoms with Gasteiger partial charge < -0.3 is 24.8 Å². The van der Waals surface area contributed by atoms with E-state index in [0.29, 0.717) is 24.6 Å². The molecule has 0 saturated heterocycles. The fourth-order valence-electron chi connectivity index (χ4n) is 3.71. The summed E-state index contributed by atoms with van der Waals surface area (Å²) < 4.78 is 20.8. The predicted octanol–water partition coefficient (Wildman–Crippen LogP) is 1.09. The van der Waals surface area contributed by atoms with Crippen LogP contribution in [0.2, 0.25) is 0 Å². The molecule has 1 aliphatic rings. The number of fused-ring (bicyclic) bond motifs is 2. The van der Waals surface area contributed by atoms with Crippen LogP contribution in [-0.2, 0) is 22.6 Å². The second kappa shape index (κ2) is 8.98. The van der Waals surface area contributed by atoms with Crippen molar-refractivity contribution in [2.75, 3.05) is 30.9 Å². The Labute approximate surface area is 188 Å². The zero-order valence-corrected chi connectivity index (χ0v) is 18.5. The molecule has 174 valence electrons.